The van der Waals surface area contributed by atoms with Crippen molar-refractivity contribution in [3.8, 4) is 11.5 Å². The lowest BCUT2D eigenvalue weighted by Crippen LogP contribution is -2.08. The highest BCUT2D eigenvalue weighted by Crippen LogP contribution is 2.29. The summed E-state index contributed by atoms with van der Waals surface area (Å²) in [5.41, 5.74) is 0.908. The number of hydrogen-bond donors (Lipinski definition) is 1. The van der Waals surface area contributed by atoms with Crippen LogP contribution in [-0.4, -0.2) is 23.8 Å². The van der Waals surface area contributed by atoms with Crippen molar-refractivity contribution in [2.24, 2.45) is 0 Å². The molecule has 0 unspecified atom stereocenters. The Labute approximate surface area is 122 Å². The van der Waals surface area contributed by atoms with Crippen molar-refractivity contribution in [1.82, 2.24) is 15.5 Å². The molecule has 1 aromatic heterocycles. The van der Waals surface area contributed by atoms with E-state index in [0.29, 0.717) is 11.8 Å². The highest BCUT2D eigenvalue weighted by molar-refractivity contribution is 9.11. The fourth-order valence-electron chi connectivity index (χ4n) is 1.54. The third-order valence-electron chi connectivity index (χ3n) is 2.45. The van der Waals surface area contributed by atoms with Gasteiger partial charge in [-0.15, -0.1) is 10.2 Å². The van der Waals surface area contributed by atoms with Crippen molar-refractivity contribution in [3.05, 3.63) is 33.0 Å². The van der Waals surface area contributed by atoms with Crippen LogP contribution in [0.25, 0.3) is 11.5 Å². The van der Waals surface area contributed by atoms with Gasteiger partial charge in [-0.25, -0.2) is 0 Å². The van der Waals surface area contributed by atoms with Crippen LogP contribution in [0, 0.1) is 0 Å². The van der Waals surface area contributed by atoms with Crippen molar-refractivity contribution >= 4 is 31.9 Å². The van der Waals surface area contributed by atoms with Gasteiger partial charge in [-0.1, -0.05) is 15.9 Å². The molecule has 0 saturated heterocycles. The van der Waals surface area contributed by atoms with Gasteiger partial charge < -0.3 is 9.73 Å². The molecule has 0 saturated carbocycles. The molecule has 0 bridgehead atoms. The smallest absolute Gasteiger partial charge is 0.248 e. The van der Waals surface area contributed by atoms with Gasteiger partial charge in [0.1, 0.15) is 0 Å². The van der Waals surface area contributed by atoms with E-state index in [2.05, 4.69) is 47.4 Å². The number of aryl methyl sites for hydroxylation is 1. The summed E-state index contributed by atoms with van der Waals surface area (Å²) >= 11 is 6.90. The number of nitrogens with one attached hydrogen (secondary N) is 1. The highest BCUT2D eigenvalue weighted by Gasteiger charge is 2.11. The van der Waals surface area contributed by atoms with Gasteiger partial charge in [-0.2, -0.15) is 0 Å². The summed E-state index contributed by atoms with van der Waals surface area (Å²) in [5.74, 6) is 1.23. The summed E-state index contributed by atoms with van der Waals surface area (Å²) < 4.78 is 7.58. The molecule has 0 radical (unpaired) electrons. The summed E-state index contributed by atoms with van der Waals surface area (Å²) in [6.07, 6.45) is 1.78. The molecule has 2 rings (SSSR count). The molecule has 0 atom stereocenters. The maximum atomic E-state index is 5.64. The fourth-order valence-corrected chi connectivity index (χ4v) is 2.76. The average Bonchev–Trinajstić information content (AvgIpc) is 2.78. The van der Waals surface area contributed by atoms with Crippen LogP contribution in [-0.2, 0) is 6.42 Å². The normalized spacial score (nSPS) is 10.8. The van der Waals surface area contributed by atoms with E-state index in [1.807, 2.05) is 25.2 Å². The lowest BCUT2D eigenvalue weighted by Gasteiger charge is -1.99. The standard InChI is InChI=1S/C12H13Br2N3O/c1-15-6-2-3-11-16-17-12(18-11)9-5-4-8(13)7-10(9)14/h4-5,7,15H,2-3,6H2,1H3. The Morgan fingerprint density at radius 3 is 2.83 bits per heavy atom. The maximum absolute atomic E-state index is 5.64. The minimum Gasteiger partial charge on any atom is -0.421 e. The van der Waals surface area contributed by atoms with E-state index < -0.39 is 0 Å². The Morgan fingerprint density at radius 2 is 2.11 bits per heavy atom. The number of hydrogen-bond acceptors (Lipinski definition) is 4. The van der Waals surface area contributed by atoms with Gasteiger partial charge in [0.05, 0.1) is 5.56 Å². The van der Waals surface area contributed by atoms with Crippen molar-refractivity contribution in [2.75, 3.05) is 13.6 Å². The van der Waals surface area contributed by atoms with Crippen molar-refractivity contribution in [2.45, 2.75) is 12.8 Å². The Morgan fingerprint density at radius 1 is 1.28 bits per heavy atom. The first kappa shape index (κ1) is 13.7. The average molecular weight is 375 g/mol. The van der Waals surface area contributed by atoms with Crippen molar-refractivity contribution in [3.63, 3.8) is 0 Å². The molecule has 1 N–H and O–H groups in total. The van der Waals surface area contributed by atoms with Gasteiger partial charge in [0.15, 0.2) is 0 Å². The lowest BCUT2D eigenvalue weighted by molar-refractivity contribution is 0.494. The van der Waals surface area contributed by atoms with Gasteiger partial charge in [-0.05, 0) is 54.1 Å². The van der Waals surface area contributed by atoms with Crippen LogP contribution in [0.15, 0.2) is 31.6 Å². The Bertz CT molecular complexity index is 528. The molecule has 4 nitrogen and oxygen atoms in total. The Hall–Kier alpha value is -0.720. The summed E-state index contributed by atoms with van der Waals surface area (Å²) in [7, 11) is 1.93. The largest absolute Gasteiger partial charge is 0.421 e. The molecule has 1 aromatic carbocycles. The number of benzene rings is 1. The highest BCUT2D eigenvalue weighted by atomic mass is 79.9. The Kier molecular flexibility index (Phi) is 4.91. The summed E-state index contributed by atoms with van der Waals surface area (Å²) in [5, 5.41) is 11.2. The van der Waals surface area contributed by atoms with Crippen LogP contribution in [0.2, 0.25) is 0 Å². The summed E-state index contributed by atoms with van der Waals surface area (Å²) in [6, 6.07) is 5.85. The van der Waals surface area contributed by atoms with E-state index in [4.69, 9.17) is 4.42 Å². The molecular formula is C12H13Br2N3O. The first-order valence-electron chi connectivity index (χ1n) is 5.63. The van der Waals surface area contributed by atoms with E-state index in [-0.39, 0.29) is 0 Å². The van der Waals surface area contributed by atoms with Gasteiger partial charge in [0.2, 0.25) is 11.8 Å². The molecule has 0 aliphatic carbocycles. The van der Waals surface area contributed by atoms with E-state index in [0.717, 1.165) is 33.9 Å². The van der Waals surface area contributed by atoms with Crippen molar-refractivity contribution < 1.29 is 4.42 Å². The van der Waals surface area contributed by atoms with E-state index >= 15 is 0 Å². The monoisotopic (exact) mass is 373 g/mol. The van der Waals surface area contributed by atoms with Gasteiger partial charge in [0, 0.05) is 15.4 Å². The second kappa shape index (κ2) is 6.45. The maximum Gasteiger partial charge on any atom is 0.248 e. The molecule has 1 heterocycles. The van der Waals surface area contributed by atoms with Gasteiger partial charge >= 0.3 is 0 Å². The number of rotatable bonds is 5. The zero-order valence-electron chi connectivity index (χ0n) is 9.91. The molecule has 0 amide bonds. The lowest BCUT2D eigenvalue weighted by atomic mass is 10.2. The number of halogens is 2. The van der Waals surface area contributed by atoms with Crippen LogP contribution in [0.1, 0.15) is 12.3 Å². The zero-order chi connectivity index (χ0) is 13.0. The third-order valence-corrected chi connectivity index (χ3v) is 3.60. The Balaban J connectivity index is 2.13. The first-order valence-corrected chi connectivity index (χ1v) is 7.21. The van der Waals surface area contributed by atoms with E-state index in [1.165, 1.54) is 0 Å². The topological polar surface area (TPSA) is 51.0 Å². The van der Waals surface area contributed by atoms with E-state index in [1.54, 1.807) is 0 Å². The molecule has 6 heteroatoms. The van der Waals surface area contributed by atoms with Crippen LogP contribution in [0.3, 0.4) is 0 Å². The van der Waals surface area contributed by atoms with Crippen molar-refractivity contribution in [1.29, 1.82) is 0 Å². The quantitative estimate of drug-likeness (QED) is 0.814. The predicted octanol–water partition coefficient (Wildman–Crippen LogP) is 3.41. The summed E-state index contributed by atoms with van der Waals surface area (Å²) in [4.78, 5) is 0. The van der Waals surface area contributed by atoms with Crippen LogP contribution in [0.4, 0.5) is 0 Å². The molecule has 18 heavy (non-hydrogen) atoms. The molecule has 0 aliphatic heterocycles. The SMILES string of the molecule is CNCCCc1nnc(-c2ccc(Br)cc2Br)o1. The molecular weight excluding hydrogens is 362 g/mol. The molecule has 0 spiro atoms. The number of aromatic nitrogens is 2. The predicted molar refractivity (Wildman–Crippen MR) is 77.4 cm³/mol. The van der Waals surface area contributed by atoms with Crippen LogP contribution >= 0.6 is 31.9 Å². The minimum absolute atomic E-state index is 0.550. The fraction of sp³-hybridized carbons (Fsp3) is 0.333. The molecule has 0 aliphatic rings. The van der Waals surface area contributed by atoms with Crippen LogP contribution < -0.4 is 5.32 Å². The van der Waals surface area contributed by atoms with Gasteiger partial charge in [0.25, 0.3) is 0 Å². The van der Waals surface area contributed by atoms with E-state index in [9.17, 15) is 0 Å². The molecule has 96 valence electrons. The summed E-state index contributed by atoms with van der Waals surface area (Å²) in [6.45, 7) is 0.944. The number of nitrogens with zero attached hydrogens (tertiary/aromatic N) is 2. The van der Waals surface area contributed by atoms with Gasteiger partial charge in [-0.3, -0.25) is 0 Å². The second-order valence-corrected chi connectivity index (χ2v) is 5.60. The first-order chi connectivity index (χ1) is 8.70. The second-order valence-electron chi connectivity index (χ2n) is 3.83. The van der Waals surface area contributed by atoms with Crippen LogP contribution in [0.5, 0.6) is 0 Å². The third kappa shape index (κ3) is 3.40. The minimum atomic E-state index is 0.550. The molecule has 2 aromatic rings. The molecule has 0 fully saturated rings. The zero-order valence-corrected chi connectivity index (χ0v) is 13.1.